The van der Waals surface area contributed by atoms with Gasteiger partial charge in [-0.25, -0.2) is 4.98 Å². The van der Waals surface area contributed by atoms with Crippen molar-refractivity contribution < 1.29 is 9.53 Å². The summed E-state index contributed by atoms with van der Waals surface area (Å²) in [6, 6.07) is 8.69. The molecule has 0 bridgehead atoms. The minimum atomic E-state index is -0.0800. The van der Waals surface area contributed by atoms with Crippen molar-refractivity contribution in [3.05, 3.63) is 42.4 Å². The molecular formula is C25H33N5O2. The van der Waals surface area contributed by atoms with E-state index in [-0.39, 0.29) is 5.97 Å². The van der Waals surface area contributed by atoms with Crippen LogP contribution in [0.2, 0.25) is 0 Å². The van der Waals surface area contributed by atoms with Crippen LogP contribution in [0.5, 0.6) is 0 Å². The van der Waals surface area contributed by atoms with Crippen molar-refractivity contribution in [2.75, 3.05) is 20.2 Å². The van der Waals surface area contributed by atoms with Gasteiger partial charge >= 0.3 is 5.97 Å². The molecule has 2 atom stereocenters. The van der Waals surface area contributed by atoms with Crippen molar-refractivity contribution in [2.24, 2.45) is 16.6 Å². The zero-order valence-corrected chi connectivity index (χ0v) is 18.8. The number of allylic oxidation sites excluding steroid dienone is 1. The summed E-state index contributed by atoms with van der Waals surface area (Å²) >= 11 is 0. The Labute approximate surface area is 189 Å². The number of methoxy groups -OCH3 is 1. The lowest BCUT2D eigenvalue weighted by Crippen LogP contribution is -2.44. The van der Waals surface area contributed by atoms with Gasteiger partial charge in [-0.05, 0) is 50.2 Å². The first-order valence-corrected chi connectivity index (χ1v) is 11.6. The first-order valence-electron chi connectivity index (χ1n) is 11.6. The molecule has 1 aliphatic carbocycles. The molecule has 2 heterocycles. The number of fused-ring (bicyclic) bond motifs is 1. The Balaban J connectivity index is 1.31. The molecule has 1 saturated carbocycles. The number of nitrogens with two attached hydrogens (primary N) is 1. The van der Waals surface area contributed by atoms with Crippen molar-refractivity contribution in [1.29, 1.82) is 0 Å². The molecule has 1 saturated heterocycles. The highest BCUT2D eigenvalue weighted by atomic mass is 16.5. The van der Waals surface area contributed by atoms with E-state index in [1.807, 2.05) is 30.5 Å². The van der Waals surface area contributed by atoms with Crippen LogP contribution in [-0.2, 0) is 9.53 Å². The quantitative estimate of drug-likeness (QED) is 0.551. The Morgan fingerprint density at radius 1 is 1.22 bits per heavy atom. The van der Waals surface area contributed by atoms with Gasteiger partial charge < -0.3 is 15.4 Å². The molecule has 32 heavy (non-hydrogen) atoms. The highest BCUT2D eigenvalue weighted by molar-refractivity contribution is 6.09. The number of aromatic nitrogens is 2. The lowest BCUT2D eigenvalue weighted by molar-refractivity contribution is -0.142. The number of likely N-dealkylation sites (tertiary alicyclic amines) is 1. The zero-order valence-electron chi connectivity index (χ0n) is 18.8. The Kier molecular flexibility index (Phi) is 7.47. The SMILES string of the molecule is COC(=O)CC1CCCC(N2CCC(N=CC(=CN)c3cnc4ccccc4n3)CC2)C1. The van der Waals surface area contributed by atoms with E-state index >= 15 is 0 Å². The summed E-state index contributed by atoms with van der Waals surface area (Å²) in [4.78, 5) is 28.2. The van der Waals surface area contributed by atoms with E-state index in [1.165, 1.54) is 20.0 Å². The van der Waals surface area contributed by atoms with Gasteiger partial charge in [0.2, 0.25) is 0 Å². The number of esters is 1. The number of hydrogen-bond donors (Lipinski definition) is 1. The average molecular weight is 436 g/mol. The zero-order chi connectivity index (χ0) is 22.3. The molecule has 170 valence electrons. The molecule has 2 aromatic rings. The van der Waals surface area contributed by atoms with Gasteiger partial charge in [-0.2, -0.15) is 0 Å². The summed E-state index contributed by atoms with van der Waals surface area (Å²) < 4.78 is 4.87. The van der Waals surface area contributed by atoms with Crippen LogP contribution in [0.4, 0.5) is 0 Å². The molecule has 0 amide bonds. The Bertz CT molecular complexity index is 981. The molecule has 1 aromatic carbocycles. The van der Waals surface area contributed by atoms with Gasteiger partial charge in [-0.1, -0.05) is 18.6 Å². The Hall–Kier alpha value is -2.80. The van der Waals surface area contributed by atoms with Crippen LogP contribution in [-0.4, -0.2) is 59.3 Å². The van der Waals surface area contributed by atoms with Gasteiger partial charge in [0, 0.05) is 43.5 Å². The third kappa shape index (κ3) is 5.51. The molecule has 7 heteroatoms. The normalized spacial score (nSPS) is 23.6. The van der Waals surface area contributed by atoms with Crippen molar-refractivity contribution >= 4 is 28.8 Å². The topological polar surface area (TPSA) is 93.7 Å². The lowest BCUT2D eigenvalue weighted by atomic mass is 9.82. The summed E-state index contributed by atoms with van der Waals surface area (Å²) in [6.07, 6.45) is 12.5. The molecule has 2 unspecified atom stereocenters. The van der Waals surface area contributed by atoms with Crippen molar-refractivity contribution in [3.8, 4) is 0 Å². The van der Waals surface area contributed by atoms with Crippen molar-refractivity contribution in [3.63, 3.8) is 0 Å². The van der Waals surface area contributed by atoms with Crippen LogP contribution in [0.1, 0.15) is 50.6 Å². The number of nitrogens with zero attached hydrogens (tertiary/aromatic N) is 4. The predicted molar refractivity (Wildman–Crippen MR) is 127 cm³/mol. The summed E-state index contributed by atoms with van der Waals surface area (Å²) in [5.41, 5.74) is 9.14. The largest absolute Gasteiger partial charge is 0.469 e. The highest BCUT2D eigenvalue weighted by Gasteiger charge is 2.30. The first kappa shape index (κ1) is 22.4. The van der Waals surface area contributed by atoms with E-state index < -0.39 is 0 Å². The molecule has 2 fully saturated rings. The number of carbonyl (C=O) groups is 1. The van der Waals surface area contributed by atoms with E-state index in [1.54, 1.807) is 12.4 Å². The first-order chi connectivity index (χ1) is 15.7. The second kappa shape index (κ2) is 10.7. The van der Waals surface area contributed by atoms with E-state index in [9.17, 15) is 4.79 Å². The summed E-state index contributed by atoms with van der Waals surface area (Å²) in [5, 5.41) is 0. The maximum Gasteiger partial charge on any atom is 0.305 e. The molecular weight excluding hydrogens is 402 g/mol. The number of para-hydroxylation sites is 2. The minimum absolute atomic E-state index is 0.0800. The molecule has 2 N–H and O–H groups in total. The molecule has 4 rings (SSSR count). The Morgan fingerprint density at radius 3 is 2.75 bits per heavy atom. The van der Waals surface area contributed by atoms with Gasteiger partial charge in [0.05, 0.1) is 36.1 Å². The van der Waals surface area contributed by atoms with Crippen LogP contribution in [0, 0.1) is 5.92 Å². The van der Waals surface area contributed by atoms with Gasteiger partial charge in [0.25, 0.3) is 0 Å². The fourth-order valence-electron chi connectivity index (χ4n) is 4.98. The molecule has 7 nitrogen and oxygen atoms in total. The van der Waals surface area contributed by atoms with Crippen molar-refractivity contribution in [2.45, 2.75) is 57.0 Å². The van der Waals surface area contributed by atoms with E-state index in [0.717, 1.165) is 61.1 Å². The molecule has 1 aliphatic heterocycles. The summed E-state index contributed by atoms with van der Waals surface area (Å²) in [6.45, 7) is 2.10. The predicted octanol–water partition coefficient (Wildman–Crippen LogP) is 3.59. The number of carbonyl (C=O) groups excluding carboxylic acids is 1. The van der Waals surface area contributed by atoms with Gasteiger partial charge in [-0.15, -0.1) is 0 Å². The maximum absolute atomic E-state index is 11.7. The number of benzene rings is 1. The van der Waals surface area contributed by atoms with Crippen LogP contribution in [0.25, 0.3) is 16.6 Å². The molecule has 1 aromatic heterocycles. The third-order valence-electron chi connectivity index (χ3n) is 6.80. The molecule has 2 aliphatic rings. The van der Waals surface area contributed by atoms with Crippen LogP contribution < -0.4 is 5.73 Å². The summed E-state index contributed by atoms with van der Waals surface area (Å²) in [5.74, 6) is 0.376. The van der Waals surface area contributed by atoms with Gasteiger partial charge in [0.1, 0.15) is 0 Å². The number of hydrogen-bond acceptors (Lipinski definition) is 7. The number of ether oxygens (including phenoxy) is 1. The molecule has 0 spiro atoms. The number of piperidine rings is 1. The maximum atomic E-state index is 11.7. The van der Waals surface area contributed by atoms with E-state index in [2.05, 4.69) is 14.9 Å². The van der Waals surface area contributed by atoms with E-state index in [0.29, 0.717) is 24.4 Å². The third-order valence-corrected chi connectivity index (χ3v) is 6.80. The Morgan fingerprint density at radius 2 is 2.00 bits per heavy atom. The smallest absolute Gasteiger partial charge is 0.305 e. The van der Waals surface area contributed by atoms with Crippen molar-refractivity contribution in [1.82, 2.24) is 14.9 Å². The average Bonchev–Trinajstić information content (AvgIpc) is 2.85. The minimum Gasteiger partial charge on any atom is -0.469 e. The second-order valence-corrected chi connectivity index (χ2v) is 8.88. The fraction of sp³-hybridized carbons (Fsp3) is 0.520. The highest BCUT2D eigenvalue weighted by Crippen LogP contribution is 2.32. The monoisotopic (exact) mass is 435 g/mol. The van der Waals surface area contributed by atoms with E-state index in [4.69, 9.17) is 15.5 Å². The van der Waals surface area contributed by atoms with Gasteiger partial charge in [0.15, 0.2) is 0 Å². The lowest BCUT2D eigenvalue weighted by Gasteiger charge is -2.40. The van der Waals surface area contributed by atoms with Gasteiger partial charge in [-0.3, -0.25) is 14.8 Å². The van der Waals surface area contributed by atoms with Crippen LogP contribution in [0.3, 0.4) is 0 Å². The van der Waals surface area contributed by atoms with Crippen LogP contribution in [0.15, 0.2) is 41.7 Å². The number of aliphatic imine (C=N–C) groups is 1. The van der Waals surface area contributed by atoms with Crippen LogP contribution >= 0.6 is 0 Å². The fourth-order valence-corrected chi connectivity index (χ4v) is 4.98. The standard InChI is InChI=1S/C25H33N5O2/c1-32-25(31)14-18-5-4-6-21(13-18)30-11-9-20(10-12-30)27-16-19(15-26)24-17-28-22-7-2-3-8-23(22)29-24/h2-3,7-8,15-18,20-21H,4-6,9-14,26H2,1H3. The number of rotatable bonds is 6. The second-order valence-electron chi connectivity index (χ2n) is 8.88. The molecule has 0 radical (unpaired) electrons. The summed E-state index contributed by atoms with van der Waals surface area (Å²) in [7, 11) is 1.48.